The third-order valence-corrected chi connectivity index (χ3v) is 4.27. The Bertz CT molecular complexity index is 630. The van der Waals surface area contributed by atoms with E-state index in [1.807, 2.05) is 0 Å². The van der Waals surface area contributed by atoms with Gasteiger partial charge in [-0.1, -0.05) is 0 Å². The van der Waals surface area contributed by atoms with E-state index >= 15 is 0 Å². The molecule has 9 nitrogen and oxygen atoms in total. The fraction of sp³-hybridized carbons (Fsp3) is 0.455. The molecule has 0 saturated heterocycles. The second-order valence-electron chi connectivity index (χ2n) is 4.87. The van der Waals surface area contributed by atoms with Crippen LogP contribution in [0.25, 0.3) is 0 Å². The van der Waals surface area contributed by atoms with E-state index in [-0.39, 0.29) is 22.8 Å². The van der Waals surface area contributed by atoms with E-state index in [0.717, 1.165) is 18.2 Å². The number of sulfonamides is 1. The molecule has 0 bridgehead atoms. The molecule has 0 spiro atoms. The zero-order valence-corrected chi connectivity index (χ0v) is 12.7. The van der Waals surface area contributed by atoms with Gasteiger partial charge in [0.25, 0.3) is 5.69 Å². The van der Waals surface area contributed by atoms with E-state index in [1.54, 1.807) is 13.8 Å². The number of nitrogens with one attached hydrogen (secondary N) is 2. The standard InChI is InChI=1S/C11H18N4O5S/c1-11(2,20-3)7-13-21(18,19)8-4-5-10(15(16)17)9(6-8)14-12/h4-6,13-14H,7,12H2,1-3H3. The first-order chi connectivity index (χ1) is 9.63. The molecule has 0 heterocycles. The Morgan fingerprint density at radius 2 is 2.05 bits per heavy atom. The van der Waals surface area contributed by atoms with Crippen molar-refractivity contribution in [1.82, 2.24) is 4.72 Å². The molecule has 0 radical (unpaired) electrons. The van der Waals surface area contributed by atoms with Crippen molar-refractivity contribution in [2.45, 2.75) is 24.3 Å². The lowest BCUT2D eigenvalue weighted by Gasteiger charge is -2.23. The number of anilines is 1. The molecule has 4 N–H and O–H groups in total. The third-order valence-electron chi connectivity index (χ3n) is 2.87. The Labute approximate surface area is 122 Å². The van der Waals surface area contributed by atoms with Crippen molar-refractivity contribution in [1.29, 1.82) is 0 Å². The van der Waals surface area contributed by atoms with Crippen LogP contribution in [-0.2, 0) is 14.8 Å². The van der Waals surface area contributed by atoms with Gasteiger partial charge in [0.15, 0.2) is 0 Å². The Hall–Kier alpha value is -1.75. The van der Waals surface area contributed by atoms with Gasteiger partial charge in [0, 0.05) is 19.7 Å². The van der Waals surface area contributed by atoms with E-state index in [4.69, 9.17) is 10.6 Å². The van der Waals surface area contributed by atoms with Crippen LogP contribution >= 0.6 is 0 Å². The van der Waals surface area contributed by atoms with Crippen LogP contribution in [0.3, 0.4) is 0 Å². The monoisotopic (exact) mass is 318 g/mol. The molecule has 21 heavy (non-hydrogen) atoms. The summed E-state index contributed by atoms with van der Waals surface area (Å²) in [6.07, 6.45) is 0. The Morgan fingerprint density at radius 3 is 2.52 bits per heavy atom. The normalized spacial score (nSPS) is 12.2. The van der Waals surface area contributed by atoms with Gasteiger partial charge < -0.3 is 10.2 Å². The molecule has 0 aliphatic carbocycles. The lowest BCUT2D eigenvalue weighted by atomic mass is 10.1. The number of nitrogen functional groups attached to an aromatic ring is 1. The summed E-state index contributed by atoms with van der Waals surface area (Å²) in [7, 11) is -2.36. The lowest BCUT2D eigenvalue weighted by Crippen LogP contribution is -2.39. The Morgan fingerprint density at radius 1 is 1.43 bits per heavy atom. The highest BCUT2D eigenvalue weighted by Gasteiger charge is 2.23. The maximum absolute atomic E-state index is 12.1. The molecule has 118 valence electrons. The van der Waals surface area contributed by atoms with Gasteiger partial charge in [-0.25, -0.2) is 13.1 Å². The zero-order valence-electron chi connectivity index (χ0n) is 11.9. The number of methoxy groups -OCH3 is 1. The minimum atomic E-state index is -3.83. The highest BCUT2D eigenvalue weighted by Crippen LogP contribution is 2.26. The number of nitrogens with zero attached hydrogens (tertiary/aromatic N) is 1. The van der Waals surface area contributed by atoms with Crippen LogP contribution in [0.5, 0.6) is 0 Å². The number of hydrogen-bond donors (Lipinski definition) is 3. The average molecular weight is 318 g/mol. The van der Waals surface area contributed by atoms with Crippen LogP contribution in [-0.4, -0.2) is 32.6 Å². The van der Waals surface area contributed by atoms with Crippen molar-refractivity contribution in [3.63, 3.8) is 0 Å². The average Bonchev–Trinajstić information content (AvgIpc) is 2.44. The number of hydrogen-bond acceptors (Lipinski definition) is 7. The molecule has 0 aliphatic rings. The Kier molecular flexibility index (Phi) is 5.23. The quantitative estimate of drug-likeness (QED) is 0.380. The van der Waals surface area contributed by atoms with Gasteiger partial charge in [-0.3, -0.25) is 16.0 Å². The predicted molar refractivity (Wildman–Crippen MR) is 77.2 cm³/mol. The Balaban J connectivity index is 3.07. The van der Waals surface area contributed by atoms with Crippen LogP contribution in [0.15, 0.2) is 23.1 Å². The number of nitro groups is 1. The summed E-state index contributed by atoms with van der Waals surface area (Å²) in [4.78, 5) is 9.97. The SMILES string of the molecule is COC(C)(C)CNS(=O)(=O)c1ccc([N+](=O)[O-])c(NN)c1. The van der Waals surface area contributed by atoms with Crippen LogP contribution in [0.4, 0.5) is 11.4 Å². The fourth-order valence-corrected chi connectivity index (χ4v) is 2.61. The van der Waals surface area contributed by atoms with Gasteiger partial charge in [0.2, 0.25) is 10.0 Å². The van der Waals surface area contributed by atoms with Gasteiger partial charge in [0.05, 0.1) is 15.4 Å². The van der Waals surface area contributed by atoms with E-state index in [9.17, 15) is 18.5 Å². The van der Waals surface area contributed by atoms with Crippen molar-refractivity contribution in [2.24, 2.45) is 5.84 Å². The number of nitro benzene ring substituents is 1. The van der Waals surface area contributed by atoms with Gasteiger partial charge in [-0.15, -0.1) is 0 Å². The van der Waals surface area contributed by atoms with Crippen molar-refractivity contribution < 1.29 is 18.1 Å². The van der Waals surface area contributed by atoms with E-state index < -0.39 is 20.5 Å². The number of rotatable bonds is 7. The molecule has 0 fully saturated rings. The minimum absolute atomic E-state index is 0.0498. The largest absolute Gasteiger partial charge is 0.377 e. The van der Waals surface area contributed by atoms with Crippen molar-refractivity contribution in [3.8, 4) is 0 Å². The fourth-order valence-electron chi connectivity index (χ4n) is 1.38. The molecular weight excluding hydrogens is 300 g/mol. The number of nitrogens with two attached hydrogens (primary N) is 1. The maximum Gasteiger partial charge on any atom is 0.293 e. The first-order valence-corrected chi connectivity index (χ1v) is 7.41. The lowest BCUT2D eigenvalue weighted by molar-refractivity contribution is -0.384. The summed E-state index contributed by atoms with van der Waals surface area (Å²) >= 11 is 0. The number of ether oxygens (including phenoxy) is 1. The smallest absolute Gasteiger partial charge is 0.293 e. The molecule has 0 unspecified atom stereocenters. The zero-order chi connectivity index (χ0) is 16.3. The highest BCUT2D eigenvalue weighted by atomic mass is 32.2. The number of hydrazine groups is 1. The topological polar surface area (TPSA) is 137 Å². The van der Waals surface area contributed by atoms with Crippen molar-refractivity contribution in [3.05, 3.63) is 28.3 Å². The van der Waals surface area contributed by atoms with Gasteiger partial charge in [-0.2, -0.15) is 0 Å². The predicted octanol–water partition coefficient (Wildman–Crippen LogP) is 0.584. The molecule has 1 aromatic rings. The van der Waals surface area contributed by atoms with E-state index in [0.29, 0.717) is 0 Å². The van der Waals surface area contributed by atoms with Crippen molar-refractivity contribution >= 4 is 21.4 Å². The van der Waals surface area contributed by atoms with Gasteiger partial charge >= 0.3 is 0 Å². The molecule has 10 heteroatoms. The van der Waals surface area contributed by atoms with E-state index in [1.165, 1.54) is 7.11 Å². The maximum atomic E-state index is 12.1. The van der Waals surface area contributed by atoms with Gasteiger partial charge in [0.1, 0.15) is 5.69 Å². The molecule has 1 rings (SSSR count). The summed E-state index contributed by atoms with van der Waals surface area (Å²) in [6.45, 7) is 3.49. The summed E-state index contributed by atoms with van der Waals surface area (Å²) in [5.74, 6) is 5.18. The van der Waals surface area contributed by atoms with Crippen LogP contribution < -0.4 is 16.0 Å². The second kappa shape index (κ2) is 6.35. The molecule has 1 aromatic carbocycles. The molecule has 0 amide bonds. The second-order valence-corrected chi connectivity index (χ2v) is 6.64. The minimum Gasteiger partial charge on any atom is -0.377 e. The molecule has 0 aromatic heterocycles. The van der Waals surface area contributed by atoms with Crippen molar-refractivity contribution in [2.75, 3.05) is 19.1 Å². The van der Waals surface area contributed by atoms with Gasteiger partial charge in [-0.05, 0) is 26.0 Å². The first-order valence-electron chi connectivity index (χ1n) is 5.93. The first kappa shape index (κ1) is 17.3. The van der Waals surface area contributed by atoms with Crippen LogP contribution in [0.1, 0.15) is 13.8 Å². The molecular formula is C11H18N4O5S. The molecule has 0 atom stereocenters. The highest BCUT2D eigenvalue weighted by molar-refractivity contribution is 7.89. The molecule has 0 aliphatic heterocycles. The van der Waals surface area contributed by atoms with Crippen LogP contribution in [0.2, 0.25) is 0 Å². The number of benzene rings is 1. The summed E-state index contributed by atoms with van der Waals surface area (Å²) in [5, 5.41) is 10.8. The summed E-state index contributed by atoms with van der Waals surface area (Å²) in [5.41, 5.74) is 1.04. The third kappa shape index (κ3) is 4.36. The summed E-state index contributed by atoms with van der Waals surface area (Å²) < 4.78 is 31.8. The summed E-state index contributed by atoms with van der Waals surface area (Å²) in [6, 6.07) is 3.31. The van der Waals surface area contributed by atoms with E-state index in [2.05, 4.69) is 10.1 Å². The van der Waals surface area contributed by atoms with Crippen LogP contribution in [0, 0.1) is 10.1 Å². The molecule has 0 saturated carbocycles.